The molecule has 5 heteroatoms. The summed E-state index contributed by atoms with van der Waals surface area (Å²) in [4.78, 5) is 14.1. The number of aliphatic hydroxyl groups is 1. The number of aliphatic hydroxyl groups excluding tert-OH is 1. The number of rotatable bonds is 5. The number of hydrogen-bond donors (Lipinski definition) is 1. The van der Waals surface area contributed by atoms with E-state index in [9.17, 15) is 4.79 Å². The summed E-state index contributed by atoms with van der Waals surface area (Å²) in [6.07, 6.45) is 6.95. The minimum absolute atomic E-state index is 0.0454. The third-order valence-corrected chi connectivity index (χ3v) is 3.35. The molecule has 0 atom stereocenters. The predicted octanol–water partition coefficient (Wildman–Crippen LogP) is 1.01. The van der Waals surface area contributed by atoms with Gasteiger partial charge < -0.3 is 10.0 Å². The van der Waals surface area contributed by atoms with Gasteiger partial charge in [-0.1, -0.05) is 0 Å². The zero-order valence-electron chi connectivity index (χ0n) is 10.7. The van der Waals surface area contributed by atoms with E-state index < -0.39 is 0 Å². The van der Waals surface area contributed by atoms with Crippen LogP contribution in [0, 0.1) is 0 Å². The highest BCUT2D eigenvalue weighted by atomic mass is 16.2. The summed E-state index contributed by atoms with van der Waals surface area (Å²) in [5, 5.41) is 12.9. The van der Waals surface area contributed by atoms with Crippen molar-refractivity contribution in [1.82, 2.24) is 9.78 Å². The highest BCUT2D eigenvalue weighted by Gasteiger charge is 2.12. The highest BCUT2D eigenvalue weighted by Crippen LogP contribution is 2.16. The summed E-state index contributed by atoms with van der Waals surface area (Å²) in [5.41, 5.74) is 0.897. The second-order valence-corrected chi connectivity index (χ2v) is 4.75. The standard InChI is InChI=1S/C13H21N3O2/c17-9-5-4-8-16-13(18)10-12(11-14-16)15-6-2-1-3-7-15/h10-11,17H,1-9H2. The van der Waals surface area contributed by atoms with Crippen molar-refractivity contribution in [3.63, 3.8) is 0 Å². The van der Waals surface area contributed by atoms with E-state index in [1.165, 1.54) is 23.9 Å². The maximum atomic E-state index is 11.9. The van der Waals surface area contributed by atoms with E-state index >= 15 is 0 Å². The van der Waals surface area contributed by atoms with Crippen molar-refractivity contribution >= 4 is 5.69 Å². The van der Waals surface area contributed by atoms with Crippen LogP contribution >= 0.6 is 0 Å². The molecule has 0 spiro atoms. The van der Waals surface area contributed by atoms with Crippen LogP contribution in [0.5, 0.6) is 0 Å². The van der Waals surface area contributed by atoms with E-state index in [0.717, 1.165) is 25.2 Å². The van der Waals surface area contributed by atoms with Gasteiger partial charge >= 0.3 is 0 Å². The molecule has 1 aliphatic rings. The molecule has 1 fully saturated rings. The minimum Gasteiger partial charge on any atom is -0.396 e. The number of aryl methyl sites for hydroxylation is 1. The molecule has 0 aliphatic carbocycles. The van der Waals surface area contributed by atoms with Crippen molar-refractivity contribution in [1.29, 1.82) is 0 Å². The smallest absolute Gasteiger partial charge is 0.268 e. The predicted molar refractivity (Wildman–Crippen MR) is 70.9 cm³/mol. The third kappa shape index (κ3) is 3.32. The lowest BCUT2D eigenvalue weighted by molar-refractivity contribution is 0.279. The molecule has 0 bridgehead atoms. The Labute approximate surface area is 107 Å². The Morgan fingerprint density at radius 1 is 1.22 bits per heavy atom. The van der Waals surface area contributed by atoms with Crippen molar-refractivity contribution in [3.8, 4) is 0 Å². The first-order valence-corrected chi connectivity index (χ1v) is 6.74. The molecule has 0 amide bonds. The average Bonchev–Trinajstić information content (AvgIpc) is 2.42. The fourth-order valence-electron chi connectivity index (χ4n) is 2.29. The lowest BCUT2D eigenvalue weighted by atomic mass is 10.1. The van der Waals surface area contributed by atoms with Gasteiger partial charge in [-0.05, 0) is 32.1 Å². The second-order valence-electron chi connectivity index (χ2n) is 4.75. The molecule has 2 heterocycles. The summed E-state index contributed by atoms with van der Waals surface area (Å²) in [6.45, 7) is 2.80. The monoisotopic (exact) mass is 251 g/mol. The van der Waals surface area contributed by atoms with Crippen LogP contribution in [-0.2, 0) is 6.54 Å². The van der Waals surface area contributed by atoms with Crippen LogP contribution in [0.1, 0.15) is 32.1 Å². The fraction of sp³-hybridized carbons (Fsp3) is 0.692. The lowest BCUT2D eigenvalue weighted by Crippen LogP contribution is -2.32. The lowest BCUT2D eigenvalue weighted by Gasteiger charge is -2.28. The van der Waals surface area contributed by atoms with E-state index in [0.29, 0.717) is 13.0 Å². The maximum absolute atomic E-state index is 11.9. The summed E-state index contributed by atoms with van der Waals surface area (Å²) >= 11 is 0. The van der Waals surface area contributed by atoms with Gasteiger partial charge in [-0.2, -0.15) is 5.10 Å². The van der Waals surface area contributed by atoms with Gasteiger partial charge in [-0.25, -0.2) is 4.68 Å². The summed E-state index contributed by atoms with van der Waals surface area (Å²) < 4.78 is 1.48. The number of piperidine rings is 1. The molecule has 0 aromatic carbocycles. The van der Waals surface area contributed by atoms with Crippen molar-refractivity contribution in [2.45, 2.75) is 38.6 Å². The molecular formula is C13H21N3O2. The molecule has 5 nitrogen and oxygen atoms in total. The van der Waals surface area contributed by atoms with Crippen LogP contribution in [0.2, 0.25) is 0 Å². The van der Waals surface area contributed by atoms with Crippen LogP contribution in [0.4, 0.5) is 5.69 Å². The molecule has 2 rings (SSSR count). The topological polar surface area (TPSA) is 58.4 Å². The van der Waals surface area contributed by atoms with E-state index in [4.69, 9.17) is 5.11 Å². The van der Waals surface area contributed by atoms with Crippen LogP contribution in [-0.4, -0.2) is 34.6 Å². The van der Waals surface area contributed by atoms with Gasteiger partial charge in [0.2, 0.25) is 0 Å². The van der Waals surface area contributed by atoms with Gasteiger partial charge in [0.25, 0.3) is 5.56 Å². The average molecular weight is 251 g/mol. The van der Waals surface area contributed by atoms with Gasteiger partial charge in [-0.15, -0.1) is 0 Å². The first kappa shape index (κ1) is 13.1. The van der Waals surface area contributed by atoms with E-state index in [1.807, 2.05) is 0 Å². The van der Waals surface area contributed by atoms with Crippen molar-refractivity contribution in [2.75, 3.05) is 24.6 Å². The molecule has 18 heavy (non-hydrogen) atoms. The number of anilines is 1. The Morgan fingerprint density at radius 3 is 2.67 bits per heavy atom. The number of hydrogen-bond acceptors (Lipinski definition) is 4. The highest BCUT2D eigenvalue weighted by molar-refractivity contribution is 5.43. The first-order valence-electron chi connectivity index (χ1n) is 6.74. The third-order valence-electron chi connectivity index (χ3n) is 3.35. The molecule has 0 radical (unpaired) electrons. The maximum Gasteiger partial charge on any atom is 0.268 e. The molecule has 1 aromatic heterocycles. The van der Waals surface area contributed by atoms with Crippen molar-refractivity contribution in [3.05, 3.63) is 22.6 Å². The van der Waals surface area contributed by atoms with Gasteiger partial charge in [0, 0.05) is 32.3 Å². The van der Waals surface area contributed by atoms with Crippen LogP contribution in [0.25, 0.3) is 0 Å². The van der Waals surface area contributed by atoms with Gasteiger partial charge in [0.15, 0.2) is 0 Å². The van der Waals surface area contributed by atoms with E-state index in [-0.39, 0.29) is 12.2 Å². The Kier molecular flexibility index (Phi) is 4.75. The Morgan fingerprint density at radius 2 is 2.00 bits per heavy atom. The summed E-state index contributed by atoms with van der Waals surface area (Å²) in [5.74, 6) is 0. The second kappa shape index (κ2) is 6.54. The molecule has 0 unspecified atom stereocenters. The van der Waals surface area contributed by atoms with Gasteiger partial charge in [0.1, 0.15) is 0 Å². The zero-order valence-corrected chi connectivity index (χ0v) is 10.7. The van der Waals surface area contributed by atoms with Crippen LogP contribution in [0.3, 0.4) is 0 Å². The minimum atomic E-state index is -0.0454. The molecule has 1 N–H and O–H groups in total. The van der Waals surface area contributed by atoms with Gasteiger partial charge in [-0.3, -0.25) is 4.79 Å². The zero-order chi connectivity index (χ0) is 12.8. The molecule has 100 valence electrons. The first-order chi connectivity index (χ1) is 8.81. The molecule has 1 saturated heterocycles. The number of aromatic nitrogens is 2. The number of unbranched alkanes of at least 4 members (excludes halogenated alkanes) is 1. The van der Waals surface area contributed by atoms with Crippen LogP contribution in [0.15, 0.2) is 17.1 Å². The number of nitrogens with zero attached hydrogens (tertiary/aromatic N) is 3. The van der Waals surface area contributed by atoms with Crippen LogP contribution < -0.4 is 10.5 Å². The Balaban J connectivity index is 2.02. The SMILES string of the molecule is O=c1cc(N2CCCCC2)cnn1CCCCO. The normalized spacial score (nSPS) is 15.9. The molecule has 1 aromatic rings. The largest absolute Gasteiger partial charge is 0.396 e. The van der Waals surface area contributed by atoms with Crippen molar-refractivity contribution in [2.24, 2.45) is 0 Å². The van der Waals surface area contributed by atoms with Gasteiger partial charge in [0.05, 0.1) is 11.9 Å². The Hall–Kier alpha value is -1.36. The summed E-state index contributed by atoms with van der Waals surface area (Å²) in [7, 11) is 0. The van der Waals surface area contributed by atoms with E-state index in [2.05, 4.69) is 10.00 Å². The fourth-order valence-corrected chi connectivity index (χ4v) is 2.29. The summed E-state index contributed by atoms with van der Waals surface area (Å²) in [6, 6.07) is 1.68. The molecular weight excluding hydrogens is 230 g/mol. The van der Waals surface area contributed by atoms with Crippen molar-refractivity contribution < 1.29 is 5.11 Å². The molecule has 0 saturated carbocycles. The van der Waals surface area contributed by atoms with E-state index in [1.54, 1.807) is 12.3 Å². The Bertz CT molecular complexity index is 424. The molecule has 1 aliphatic heterocycles. The quantitative estimate of drug-likeness (QED) is 0.793.